The molecule has 1 saturated carbocycles. The zero-order chi connectivity index (χ0) is 8.13. The summed E-state index contributed by atoms with van der Waals surface area (Å²) >= 11 is 0. The summed E-state index contributed by atoms with van der Waals surface area (Å²) < 4.78 is 2.02. The van der Waals surface area contributed by atoms with Crippen molar-refractivity contribution in [2.75, 3.05) is 13.1 Å². The molecular formula is C9H13N3. The summed E-state index contributed by atoms with van der Waals surface area (Å²) in [6.45, 7) is 2.42. The van der Waals surface area contributed by atoms with Gasteiger partial charge in [0.1, 0.15) is 0 Å². The van der Waals surface area contributed by atoms with Gasteiger partial charge in [0.05, 0.1) is 0 Å². The first kappa shape index (κ1) is 6.66. The second-order valence-electron chi connectivity index (χ2n) is 3.89. The summed E-state index contributed by atoms with van der Waals surface area (Å²) in [6.07, 6.45) is 1.90. The summed E-state index contributed by atoms with van der Waals surface area (Å²) in [4.78, 5) is 0. The zero-order valence-corrected chi connectivity index (χ0v) is 7.20. The molecule has 1 aliphatic carbocycles. The first-order chi connectivity index (χ1) is 5.88. The van der Waals surface area contributed by atoms with Gasteiger partial charge in [0.25, 0.3) is 0 Å². The summed E-state index contributed by atoms with van der Waals surface area (Å²) in [5.41, 5.74) is 1.42. The smallest absolute Gasteiger partial charge is 0.0492 e. The first-order valence-corrected chi connectivity index (χ1v) is 4.56. The Morgan fingerprint density at radius 1 is 1.50 bits per heavy atom. The number of fused-ring (bicyclic) bond motifs is 1. The molecule has 0 bridgehead atoms. The Morgan fingerprint density at radius 2 is 2.25 bits per heavy atom. The number of aromatic nitrogens is 2. The van der Waals surface area contributed by atoms with Crippen LogP contribution in [0, 0.1) is 11.8 Å². The summed E-state index contributed by atoms with van der Waals surface area (Å²) in [6, 6.07) is 2.16. The molecule has 2 aliphatic rings. The van der Waals surface area contributed by atoms with E-state index in [0.717, 1.165) is 17.8 Å². The van der Waals surface area contributed by atoms with Gasteiger partial charge in [-0.2, -0.15) is 5.10 Å². The second kappa shape index (κ2) is 2.10. The topological polar surface area (TPSA) is 29.9 Å². The van der Waals surface area contributed by atoms with Gasteiger partial charge in [0.15, 0.2) is 0 Å². The lowest BCUT2D eigenvalue weighted by atomic mass is 10.2. The van der Waals surface area contributed by atoms with E-state index in [1.54, 1.807) is 0 Å². The Kier molecular flexibility index (Phi) is 1.17. The maximum atomic E-state index is 4.20. The Morgan fingerprint density at radius 3 is 2.83 bits per heavy atom. The van der Waals surface area contributed by atoms with Gasteiger partial charge in [-0.05, 0) is 31.0 Å². The molecule has 2 atom stereocenters. The Hall–Kier alpha value is -0.830. The first-order valence-electron chi connectivity index (χ1n) is 4.56. The molecule has 64 valence electrons. The maximum Gasteiger partial charge on any atom is 0.0492 e. The molecule has 3 heteroatoms. The molecule has 2 fully saturated rings. The zero-order valence-electron chi connectivity index (χ0n) is 7.20. The van der Waals surface area contributed by atoms with E-state index in [1.165, 1.54) is 18.8 Å². The summed E-state index contributed by atoms with van der Waals surface area (Å²) in [5.74, 6) is 2.61. The summed E-state index contributed by atoms with van der Waals surface area (Å²) in [5, 5.41) is 7.60. The second-order valence-corrected chi connectivity index (χ2v) is 3.89. The number of piperidine rings is 1. The highest BCUT2D eigenvalue weighted by atomic mass is 15.3. The number of rotatable bonds is 1. The van der Waals surface area contributed by atoms with Crippen LogP contribution in [0.1, 0.15) is 11.6 Å². The minimum Gasteiger partial charge on any atom is -0.316 e. The van der Waals surface area contributed by atoms with Crippen LogP contribution in [0.25, 0.3) is 0 Å². The largest absolute Gasteiger partial charge is 0.316 e. The van der Waals surface area contributed by atoms with Gasteiger partial charge in [0.2, 0.25) is 0 Å². The van der Waals surface area contributed by atoms with Gasteiger partial charge in [-0.25, -0.2) is 0 Å². The quantitative estimate of drug-likeness (QED) is 0.647. The molecular weight excluding hydrogens is 150 g/mol. The van der Waals surface area contributed by atoms with E-state index in [4.69, 9.17) is 0 Å². The van der Waals surface area contributed by atoms with Crippen LogP contribution in [-0.4, -0.2) is 22.9 Å². The van der Waals surface area contributed by atoms with Gasteiger partial charge >= 0.3 is 0 Å². The third kappa shape index (κ3) is 0.719. The predicted molar refractivity (Wildman–Crippen MR) is 45.8 cm³/mol. The van der Waals surface area contributed by atoms with Crippen LogP contribution in [0.3, 0.4) is 0 Å². The molecule has 1 aliphatic heterocycles. The van der Waals surface area contributed by atoms with E-state index in [0.29, 0.717) is 0 Å². The van der Waals surface area contributed by atoms with E-state index in [-0.39, 0.29) is 0 Å². The van der Waals surface area contributed by atoms with E-state index in [2.05, 4.69) is 16.5 Å². The molecule has 1 N–H and O–H groups in total. The van der Waals surface area contributed by atoms with Crippen molar-refractivity contribution in [3.05, 3.63) is 18.0 Å². The molecule has 0 spiro atoms. The van der Waals surface area contributed by atoms with Crippen molar-refractivity contribution in [3.8, 4) is 0 Å². The molecule has 3 nitrogen and oxygen atoms in total. The van der Waals surface area contributed by atoms with Crippen molar-refractivity contribution in [1.82, 2.24) is 15.1 Å². The monoisotopic (exact) mass is 163 g/mol. The summed E-state index contributed by atoms with van der Waals surface area (Å²) in [7, 11) is 2.04. The van der Waals surface area contributed by atoms with Crippen LogP contribution in [0.4, 0.5) is 0 Å². The molecule has 0 aromatic carbocycles. The lowest BCUT2D eigenvalue weighted by molar-refractivity contribution is 0.631. The van der Waals surface area contributed by atoms with Gasteiger partial charge in [0, 0.05) is 24.9 Å². The van der Waals surface area contributed by atoms with Crippen molar-refractivity contribution in [3.63, 3.8) is 0 Å². The van der Waals surface area contributed by atoms with Gasteiger partial charge in [-0.3, -0.25) is 4.68 Å². The fourth-order valence-corrected chi connectivity index (χ4v) is 2.57. The molecule has 2 unspecified atom stereocenters. The lowest BCUT2D eigenvalue weighted by Gasteiger charge is -2.03. The van der Waals surface area contributed by atoms with Crippen molar-refractivity contribution < 1.29 is 0 Å². The highest BCUT2D eigenvalue weighted by Crippen LogP contribution is 2.55. The van der Waals surface area contributed by atoms with Gasteiger partial charge in [-0.15, -0.1) is 0 Å². The Balaban J connectivity index is 1.89. The van der Waals surface area contributed by atoms with Crippen LogP contribution in [0.15, 0.2) is 12.3 Å². The van der Waals surface area contributed by atoms with E-state index in [1.807, 2.05) is 17.9 Å². The number of hydrogen-bond donors (Lipinski definition) is 1. The molecule has 3 rings (SSSR count). The average molecular weight is 163 g/mol. The fraction of sp³-hybridized carbons (Fsp3) is 0.667. The number of nitrogens with one attached hydrogen (secondary N) is 1. The molecule has 2 heterocycles. The molecule has 1 saturated heterocycles. The molecule has 1 aromatic rings. The van der Waals surface area contributed by atoms with Crippen LogP contribution < -0.4 is 5.32 Å². The molecule has 12 heavy (non-hydrogen) atoms. The minimum absolute atomic E-state index is 0.804. The minimum atomic E-state index is 0.804. The highest BCUT2D eigenvalue weighted by molar-refractivity contribution is 5.24. The van der Waals surface area contributed by atoms with E-state index >= 15 is 0 Å². The van der Waals surface area contributed by atoms with Crippen LogP contribution in [0.5, 0.6) is 0 Å². The van der Waals surface area contributed by atoms with E-state index in [9.17, 15) is 0 Å². The van der Waals surface area contributed by atoms with Crippen molar-refractivity contribution in [2.24, 2.45) is 18.9 Å². The van der Waals surface area contributed by atoms with Crippen molar-refractivity contribution >= 4 is 0 Å². The lowest BCUT2D eigenvalue weighted by Crippen LogP contribution is -2.15. The van der Waals surface area contributed by atoms with Gasteiger partial charge < -0.3 is 5.32 Å². The van der Waals surface area contributed by atoms with Crippen molar-refractivity contribution in [1.29, 1.82) is 0 Å². The van der Waals surface area contributed by atoms with Crippen molar-refractivity contribution in [2.45, 2.75) is 5.92 Å². The Labute approximate surface area is 71.8 Å². The van der Waals surface area contributed by atoms with Crippen LogP contribution in [-0.2, 0) is 7.05 Å². The normalized spacial score (nSPS) is 38.2. The molecule has 0 amide bonds. The Bertz CT molecular complexity index is 294. The number of hydrogen-bond acceptors (Lipinski definition) is 2. The number of aryl methyl sites for hydroxylation is 1. The van der Waals surface area contributed by atoms with E-state index < -0.39 is 0 Å². The van der Waals surface area contributed by atoms with Crippen LogP contribution in [0.2, 0.25) is 0 Å². The fourth-order valence-electron chi connectivity index (χ4n) is 2.57. The standard InChI is InChI=1S/C9H13N3/c1-12-8(2-3-11-12)9-6-4-10-5-7(6)9/h2-3,6-7,9-10H,4-5H2,1H3. The number of nitrogens with zero attached hydrogens (tertiary/aromatic N) is 2. The third-order valence-corrected chi connectivity index (χ3v) is 3.29. The highest BCUT2D eigenvalue weighted by Gasteiger charge is 2.54. The van der Waals surface area contributed by atoms with Crippen LogP contribution >= 0.6 is 0 Å². The maximum absolute atomic E-state index is 4.20. The SMILES string of the molecule is Cn1nccc1C1C2CNCC21. The predicted octanol–water partition coefficient (Wildman–Crippen LogP) is 0.353. The van der Waals surface area contributed by atoms with Gasteiger partial charge in [-0.1, -0.05) is 0 Å². The molecule has 1 aromatic heterocycles. The average Bonchev–Trinajstić information content (AvgIpc) is 2.56. The molecule has 0 radical (unpaired) electrons. The third-order valence-electron chi connectivity index (χ3n) is 3.29.